The Balaban J connectivity index is 4.20. The second-order valence-electron chi connectivity index (χ2n) is 2.69. The molecule has 0 rings (SSSR count). The van der Waals surface area contributed by atoms with E-state index in [0.29, 0.717) is 24.5 Å². The normalized spacial score (nSPS) is 10.7. The van der Waals surface area contributed by atoms with Crippen molar-refractivity contribution in [3.63, 3.8) is 0 Å². The van der Waals surface area contributed by atoms with Crippen LogP contribution in [-0.4, -0.2) is 25.4 Å². The van der Waals surface area contributed by atoms with Crippen LogP contribution in [0.25, 0.3) is 0 Å². The first-order chi connectivity index (χ1) is 7.15. The van der Waals surface area contributed by atoms with Crippen molar-refractivity contribution in [3.8, 4) is 0 Å². The van der Waals surface area contributed by atoms with Gasteiger partial charge in [-0.2, -0.15) is 0 Å². The summed E-state index contributed by atoms with van der Waals surface area (Å²) in [6.07, 6.45) is 2.10. The Morgan fingerprint density at radius 3 is 2.60 bits per heavy atom. The first kappa shape index (κ1) is 13.4. The fourth-order valence-electron chi connectivity index (χ4n) is 0.958. The Bertz CT molecular complexity index is 269. The third kappa shape index (κ3) is 5.67. The average Bonchev–Trinajstić information content (AvgIpc) is 2.23. The third-order valence-corrected chi connectivity index (χ3v) is 1.69. The fraction of sp³-hybridized carbons (Fsp3) is 0.455. The van der Waals surface area contributed by atoms with E-state index in [4.69, 9.17) is 9.47 Å². The van der Waals surface area contributed by atoms with Crippen molar-refractivity contribution in [2.75, 3.05) is 13.7 Å². The predicted molar refractivity (Wildman–Crippen MR) is 59.6 cm³/mol. The average molecular weight is 211 g/mol. The molecule has 0 bridgehead atoms. The summed E-state index contributed by atoms with van der Waals surface area (Å²) in [6.45, 7) is 9.30. The highest BCUT2D eigenvalue weighted by atomic mass is 16.5. The molecule has 0 aliphatic heterocycles. The lowest BCUT2D eigenvalue weighted by Gasteiger charge is -2.07. The van der Waals surface area contributed by atoms with Crippen LogP contribution >= 0.6 is 0 Å². The van der Waals surface area contributed by atoms with E-state index < -0.39 is 0 Å². The van der Waals surface area contributed by atoms with Crippen molar-refractivity contribution >= 4 is 11.7 Å². The van der Waals surface area contributed by atoms with Gasteiger partial charge in [-0.3, -0.25) is 9.79 Å². The molecule has 0 spiro atoms. The molecule has 0 aliphatic rings. The number of esters is 1. The van der Waals surface area contributed by atoms with Crippen molar-refractivity contribution in [2.24, 2.45) is 4.99 Å². The quantitative estimate of drug-likeness (QED) is 0.368. The molecule has 84 valence electrons. The largest absolute Gasteiger partial charge is 0.495 e. The van der Waals surface area contributed by atoms with E-state index in [1.165, 1.54) is 13.3 Å². The maximum atomic E-state index is 11.1. The van der Waals surface area contributed by atoms with Gasteiger partial charge in [-0.25, -0.2) is 0 Å². The fourth-order valence-corrected chi connectivity index (χ4v) is 0.958. The van der Waals surface area contributed by atoms with Crippen molar-refractivity contribution in [3.05, 3.63) is 25.1 Å². The Morgan fingerprint density at radius 1 is 1.47 bits per heavy atom. The van der Waals surface area contributed by atoms with Crippen molar-refractivity contribution in [1.82, 2.24) is 0 Å². The van der Waals surface area contributed by atoms with Gasteiger partial charge < -0.3 is 9.47 Å². The van der Waals surface area contributed by atoms with Crippen LogP contribution in [0.4, 0.5) is 0 Å². The van der Waals surface area contributed by atoms with Gasteiger partial charge in [-0.1, -0.05) is 13.2 Å². The zero-order valence-corrected chi connectivity index (χ0v) is 9.28. The van der Waals surface area contributed by atoms with Crippen LogP contribution in [-0.2, 0) is 14.3 Å². The molecule has 0 aromatic carbocycles. The zero-order valence-electron chi connectivity index (χ0n) is 9.28. The smallest absolute Gasteiger partial charge is 0.306 e. The molecule has 0 unspecified atom stereocenters. The third-order valence-electron chi connectivity index (χ3n) is 1.69. The molecule has 0 aliphatic carbocycles. The molecule has 0 saturated heterocycles. The highest BCUT2D eigenvalue weighted by Gasteiger charge is 2.08. The molecule has 0 aromatic rings. The Kier molecular flexibility index (Phi) is 6.97. The van der Waals surface area contributed by atoms with Crippen LogP contribution in [0.15, 0.2) is 30.1 Å². The molecule has 4 nitrogen and oxygen atoms in total. The SMILES string of the molecule is C=CN=C(CCC(=O)OCC)C(=C)OC. The number of allylic oxidation sites excluding steroid dienone is 1. The lowest BCUT2D eigenvalue weighted by molar-refractivity contribution is -0.142. The van der Waals surface area contributed by atoms with Gasteiger partial charge in [0.05, 0.1) is 25.8 Å². The maximum Gasteiger partial charge on any atom is 0.306 e. The summed E-state index contributed by atoms with van der Waals surface area (Å²) in [5.74, 6) is 0.192. The van der Waals surface area contributed by atoms with Crippen LogP contribution in [0, 0.1) is 0 Å². The second kappa shape index (κ2) is 7.79. The standard InChI is InChI=1S/C11H17NO3/c1-5-12-10(9(3)14-4)7-8-11(13)15-6-2/h5H,1,3,6-8H2,2,4H3. The molecular weight excluding hydrogens is 194 g/mol. The minimum absolute atomic E-state index is 0.252. The summed E-state index contributed by atoms with van der Waals surface area (Å²) in [5.41, 5.74) is 0.612. The molecule has 0 amide bonds. The summed E-state index contributed by atoms with van der Waals surface area (Å²) in [6, 6.07) is 0. The van der Waals surface area contributed by atoms with Gasteiger partial charge >= 0.3 is 5.97 Å². The summed E-state index contributed by atoms with van der Waals surface area (Å²) in [7, 11) is 1.51. The van der Waals surface area contributed by atoms with Gasteiger partial charge in [0.25, 0.3) is 0 Å². The highest BCUT2D eigenvalue weighted by Crippen LogP contribution is 2.05. The van der Waals surface area contributed by atoms with E-state index in [0.717, 1.165) is 0 Å². The van der Waals surface area contributed by atoms with Crippen LogP contribution < -0.4 is 0 Å². The van der Waals surface area contributed by atoms with Gasteiger partial charge in [0.2, 0.25) is 0 Å². The molecule has 0 aromatic heterocycles. The zero-order chi connectivity index (χ0) is 11.7. The number of hydrogen-bond acceptors (Lipinski definition) is 4. The molecule has 0 fully saturated rings. The number of ether oxygens (including phenoxy) is 2. The molecule has 0 atom stereocenters. The van der Waals surface area contributed by atoms with E-state index in [9.17, 15) is 4.79 Å². The van der Waals surface area contributed by atoms with E-state index in [1.54, 1.807) is 6.92 Å². The van der Waals surface area contributed by atoms with E-state index in [-0.39, 0.29) is 12.4 Å². The monoisotopic (exact) mass is 211 g/mol. The number of nitrogens with zero attached hydrogens (tertiary/aromatic N) is 1. The molecule has 4 heteroatoms. The van der Waals surface area contributed by atoms with Gasteiger partial charge in [0, 0.05) is 12.6 Å². The summed E-state index contributed by atoms with van der Waals surface area (Å²) >= 11 is 0. The molecule has 0 radical (unpaired) electrons. The van der Waals surface area contributed by atoms with Crippen LogP contribution in [0.3, 0.4) is 0 Å². The molecule has 0 heterocycles. The number of methoxy groups -OCH3 is 1. The van der Waals surface area contributed by atoms with Crippen molar-refractivity contribution in [2.45, 2.75) is 19.8 Å². The highest BCUT2D eigenvalue weighted by molar-refractivity contribution is 5.99. The lowest BCUT2D eigenvalue weighted by Crippen LogP contribution is -2.09. The van der Waals surface area contributed by atoms with Crippen LogP contribution in [0.1, 0.15) is 19.8 Å². The molecule has 0 saturated carbocycles. The van der Waals surface area contributed by atoms with Gasteiger partial charge in [-0.15, -0.1) is 0 Å². The predicted octanol–water partition coefficient (Wildman–Crippen LogP) is 2.07. The van der Waals surface area contributed by atoms with Gasteiger partial charge in [0.15, 0.2) is 0 Å². The summed E-state index contributed by atoms with van der Waals surface area (Å²) in [5, 5.41) is 0. The van der Waals surface area contributed by atoms with Gasteiger partial charge in [-0.05, 0) is 6.92 Å². The van der Waals surface area contributed by atoms with Crippen LogP contribution in [0.5, 0.6) is 0 Å². The van der Waals surface area contributed by atoms with Crippen molar-refractivity contribution < 1.29 is 14.3 Å². The Hall–Kier alpha value is -1.58. The number of aliphatic imine (C=N–C) groups is 1. The van der Waals surface area contributed by atoms with E-state index >= 15 is 0 Å². The van der Waals surface area contributed by atoms with Gasteiger partial charge in [0.1, 0.15) is 5.76 Å². The van der Waals surface area contributed by atoms with Crippen LogP contribution in [0.2, 0.25) is 0 Å². The Morgan fingerprint density at radius 2 is 2.13 bits per heavy atom. The summed E-state index contributed by atoms with van der Waals surface area (Å²) in [4.78, 5) is 15.1. The second-order valence-corrected chi connectivity index (χ2v) is 2.69. The first-order valence-corrected chi connectivity index (χ1v) is 4.72. The number of carbonyl (C=O) groups is 1. The Labute approximate surface area is 90.3 Å². The van der Waals surface area contributed by atoms with Crippen molar-refractivity contribution in [1.29, 1.82) is 0 Å². The lowest BCUT2D eigenvalue weighted by atomic mass is 10.2. The summed E-state index contributed by atoms with van der Waals surface area (Å²) < 4.78 is 9.73. The number of rotatable bonds is 7. The minimum Gasteiger partial charge on any atom is -0.495 e. The number of hydrogen-bond donors (Lipinski definition) is 0. The topological polar surface area (TPSA) is 47.9 Å². The maximum absolute atomic E-state index is 11.1. The molecular formula is C11H17NO3. The number of carbonyl (C=O) groups excluding carboxylic acids is 1. The van der Waals surface area contributed by atoms with E-state index in [1.807, 2.05) is 0 Å². The van der Waals surface area contributed by atoms with E-state index in [2.05, 4.69) is 18.2 Å². The molecule has 0 N–H and O–H groups in total. The minimum atomic E-state index is -0.252. The first-order valence-electron chi connectivity index (χ1n) is 4.72. The molecule has 15 heavy (non-hydrogen) atoms.